The first-order chi connectivity index (χ1) is 8.08. The molecule has 2 heterocycles. The molecule has 0 saturated heterocycles. The lowest BCUT2D eigenvalue weighted by Gasteiger charge is -2.09. The average Bonchev–Trinajstić information content (AvgIpc) is 2.77. The highest BCUT2D eigenvalue weighted by atomic mass is 127. The maximum absolute atomic E-state index is 5.93. The number of nitrogens with two attached hydrogens (primary N) is 1. The van der Waals surface area contributed by atoms with Gasteiger partial charge in [-0.15, -0.1) is 11.3 Å². The Kier molecular flexibility index (Phi) is 3.93. The van der Waals surface area contributed by atoms with Crippen LogP contribution in [-0.4, -0.2) is 15.0 Å². The number of hydrogen-bond acceptors (Lipinski definition) is 5. The maximum atomic E-state index is 5.93. The standard InChI is InChI=1S/C11H13IN4S/c1-6(2)3-7-9(12)10(13)16-11(15-7)8-4-14-5-17-8/h4-6H,3H2,1-2H3,(H2,13,15,16). The molecule has 0 radical (unpaired) electrons. The SMILES string of the molecule is CC(C)Cc1nc(-c2cncs2)nc(N)c1I. The Morgan fingerprint density at radius 3 is 2.76 bits per heavy atom. The third-order valence-corrected chi connectivity index (χ3v) is 4.14. The highest BCUT2D eigenvalue weighted by Gasteiger charge is 2.13. The molecular weight excluding hydrogens is 347 g/mol. The first-order valence-electron chi connectivity index (χ1n) is 5.28. The third-order valence-electron chi connectivity index (χ3n) is 2.20. The number of anilines is 1. The Hall–Kier alpha value is -0.760. The van der Waals surface area contributed by atoms with Gasteiger partial charge >= 0.3 is 0 Å². The minimum Gasteiger partial charge on any atom is -0.383 e. The Labute approximate surface area is 118 Å². The van der Waals surface area contributed by atoms with Crippen LogP contribution >= 0.6 is 33.9 Å². The van der Waals surface area contributed by atoms with Crippen molar-refractivity contribution in [3.8, 4) is 10.7 Å². The molecular formula is C11H13IN4S. The second-order valence-electron chi connectivity index (χ2n) is 4.16. The van der Waals surface area contributed by atoms with Gasteiger partial charge in [0.05, 0.1) is 19.7 Å². The molecule has 4 nitrogen and oxygen atoms in total. The largest absolute Gasteiger partial charge is 0.383 e. The quantitative estimate of drug-likeness (QED) is 0.855. The fraction of sp³-hybridized carbons (Fsp3) is 0.364. The molecule has 0 saturated carbocycles. The predicted octanol–water partition coefficient (Wildman–Crippen LogP) is 2.99. The van der Waals surface area contributed by atoms with E-state index >= 15 is 0 Å². The van der Waals surface area contributed by atoms with Gasteiger partial charge in [0.2, 0.25) is 0 Å². The van der Waals surface area contributed by atoms with Crippen molar-refractivity contribution in [3.05, 3.63) is 21.0 Å². The summed E-state index contributed by atoms with van der Waals surface area (Å²) in [6.07, 6.45) is 2.68. The molecule has 0 aliphatic carbocycles. The lowest BCUT2D eigenvalue weighted by molar-refractivity contribution is 0.632. The first kappa shape index (κ1) is 12.7. The molecule has 17 heavy (non-hydrogen) atoms. The molecule has 0 aliphatic rings. The Morgan fingerprint density at radius 2 is 2.18 bits per heavy atom. The van der Waals surface area contributed by atoms with Crippen molar-refractivity contribution < 1.29 is 0 Å². The molecule has 2 aromatic rings. The Morgan fingerprint density at radius 1 is 1.41 bits per heavy atom. The molecule has 0 fully saturated rings. The smallest absolute Gasteiger partial charge is 0.173 e. The number of aromatic nitrogens is 3. The monoisotopic (exact) mass is 360 g/mol. The van der Waals surface area contributed by atoms with Gasteiger partial charge in [-0.1, -0.05) is 13.8 Å². The van der Waals surface area contributed by atoms with Crippen molar-refractivity contribution >= 4 is 39.7 Å². The van der Waals surface area contributed by atoms with Gasteiger partial charge in [0, 0.05) is 6.20 Å². The van der Waals surface area contributed by atoms with E-state index < -0.39 is 0 Å². The van der Waals surface area contributed by atoms with E-state index in [4.69, 9.17) is 5.73 Å². The van der Waals surface area contributed by atoms with Gasteiger partial charge in [-0.25, -0.2) is 9.97 Å². The summed E-state index contributed by atoms with van der Waals surface area (Å²) >= 11 is 3.73. The number of rotatable bonds is 3. The summed E-state index contributed by atoms with van der Waals surface area (Å²) in [5.41, 5.74) is 8.73. The molecule has 0 aromatic carbocycles. The van der Waals surface area contributed by atoms with E-state index in [1.54, 1.807) is 11.7 Å². The molecule has 6 heteroatoms. The van der Waals surface area contributed by atoms with Crippen LogP contribution in [0.4, 0.5) is 5.82 Å². The lowest BCUT2D eigenvalue weighted by Crippen LogP contribution is -2.07. The molecule has 0 spiro atoms. The molecule has 0 aliphatic heterocycles. The normalized spacial score (nSPS) is 11.1. The van der Waals surface area contributed by atoms with Crippen LogP contribution in [0.5, 0.6) is 0 Å². The Bertz CT molecular complexity index is 510. The van der Waals surface area contributed by atoms with Crippen LogP contribution in [-0.2, 0) is 6.42 Å². The van der Waals surface area contributed by atoms with Gasteiger partial charge in [0.1, 0.15) is 5.82 Å². The molecule has 2 rings (SSSR count). The van der Waals surface area contributed by atoms with E-state index in [1.165, 1.54) is 11.3 Å². The minimum atomic E-state index is 0.548. The van der Waals surface area contributed by atoms with Crippen molar-refractivity contribution in [1.29, 1.82) is 0 Å². The molecule has 0 unspecified atom stereocenters. The molecule has 90 valence electrons. The molecule has 2 N–H and O–H groups in total. The zero-order valence-corrected chi connectivity index (χ0v) is 12.6. The van der Waals surface area contributed by atoms with Gasteiger partial charge in [-0.3, -0.25) is 4.98 Å². The fourth-order valence-electron chi connectivity index (χ4n) is 1.47. The van der Waals surface area contributed by atoms with E-state index in [9.17, 15) is 0 Å². The zero-order chi connectivity index (χ0) is 12.4. The molecule has 0 bridgehead atoms. The maximum Gasteiger partial charge on any atom is 0.173 e. The van der Waals surface area contributed by atoms with Crippen LogP contribution < -0.4 is 5.73 Å². The number of hydrogen-bond donors (Lipinski definition) is 1. The highest BCUT2D eigenvalue weighted by Crippen LogP contribution is 2.25. The van der Waals surface area contributed by atoms with E-state index in [0.29, 0.717) is 17.6 Å². The summed E-state index contributed by atoms with van der Waals surface area (Å²) in [5.74, 6) is 1.79. The highest BCUT2D eigenvalue weighted by molar-refractivity contribution is 14.1. The number of thiazole rings is 1. The summed E-state index contributed by atoms with van der Waals surface area (Å²) in [4.78, 5) is 13.9. The van der Waals surface area contributed by atoms with Gasteiger partial charge in [0.25, 0.3) is 0 Å². The summed E-state index contributed by atoms with van der Waals surface area (Å²) in [5, 5.41) is 0. The molecule has 2 aromatic heterocycles. The summed E-state index contributed by atoms with van der Waals surface area (Å²) in [6.45, 7) is 4.33. The average molecular weight is 360 g/mol. The van der Waals surface area contributed by atoms with Crippen molar-refractivity contribution in [2.75, 3.05) is 5.73 Å². The van der Waals surface area contributed by atoms with E-state index in [-0.39, 0.29) is 0 Å². The number of halogens is 1. The lowest BCUT2D eigenvalue weighted by atomic mass is 10.1. The minimum absolute atomic E-state index is 0.548. The van der Waals surface area contributed by atoms with Crippen molar-refractivity contribution in [3.63, 3.8) is 0 Å². The van der Waals surface area contributed by atoms with Crippen molar-refractivity contribution in [2.45, 2.75) is 20.3 Å². The van der Waals surface area contributed by atoms with Gasteiger partial charge in [0.15, 0.2) is 5.82 Å². The van der Waals surface area contributed by atoms with Gasteiger partial charge in [-0.05, 0) is 34.9 Å². The van der Waals surface area contributed by atoms with Crippen LogP contribution in [0.1, 0.15) is 19.5 Å². The van der Waals surface area contributed by atoms with Crippen LogP contribution in [0.2, 0.25) is 0 Å². The summed E-state index contributed by atoms with van der Waals surface area (Å²) < 4.78 is 0.963. The second-order valence-corrected chi connectivity index (χ2v) is 6.12. The number of nitrogens with zero attached hydrogens (tertiary/aromatic N) is 3. The van der Waals surface area contributed by atoms with Gasteiger partial charge in [-0.2, -0.15) is 0 Å². The van der Waals surface area contributed by atoms with E-state index in [1.807, 2.05) is 0 Å². The predicted molar refractivity (Wildman–Crippen MR) is 78.8 cm³/mol. The summed E-state index contributed by atoms with van der Waals surface area (Å²) in [7, 11) is 0. The summed E-state index contributed by atoms with van der Waals surface area (Å²) in [6, 6.07) is 0. The first-order valence-corrected chi connectivity index (χ1v) is 7.24. The topological polar surface area (TPSA) is 64.7 Å². The van der Waals surface area contributed by atoms with Crippen molar-refractivity contribution in [2.24, 2.45) is 5.92 Å². The van der Waals surface area contributed by atoms with Crippen LogP contribution in [0.15, 0.2) is 11.7 Å². The molecule has 0 amide bonds. The fourth-order valence-corrected chi connectivity index (χ4v) is 2.49. The van der Waals surface area contributed by atoms with Crippen LogP contribution in [0.25, 0.3) is 10.7 Å². The van der Waals surface area contributed by atoms with E-state index in [2.05, 4.69) is 51.4 Å². The van der Waals surface area contributed by atoms with E-state index in [0.717, 1.165) is 20.6 Å². The van der Waals surface area contributed by atoms with Crippen LogP contribution in [0, 0.1) is 9.49 Å². The number of nitrogen functional groups attached to an aromatic ring is 1. The van der Waals surface area contributed by atoms with Crippen LogP contribution in [0.3, 0.4) is 0 Å². The molecule has 0 atom stereocenters. The van der Waals surface area contributed by atoms with Crippen molar-refractivity contribution in [1.82, 2.24) is 15.0 Å². The van der Waals surface area contributed by atoms with Gasteiger partial charge < -0.3 is 5.73 Å². The Balaban J connectivity index is 2.46. The second kappa shape index (κ2) is 5.26. The zero-order valence-electron chi connectivity index (χ0n) is 9.64. The third kappa shape index (κ3) is 2.92.